The molecule has 1 rings (SSSR count). The molecule has 0 amide bonds. The number of aromatic nitrogens is 4. The molecule has 0 radical (unpaired) electrons. The minimum atomic E-state index is -1.92. The van der Waals surface area contributed by atoms with Crippen LogP contribution in [-0.4, -0.2) is 24.0 Å². The summed E-state index contributed by atoms with van der Waals surface area (Å²) in [6, 6.07) is 0. The fraction of sp³-hybridized carbons (Fsp3) is 0.857. The fourth-order valence-corrected chi connectivity index (χ4v) is 1.55. The molecule has 1 heterocycles. The van der Waals surface area contributed by atoms with Gasteiger partial charge in [0.05, 0.1) is 0 Å². The van der Waals surface area contributed by atoms with Crippen LogP contribution < -0.4 is 0 Å². The smallest absolute Gasteiger partial charge is 0.226 e. The molecule has 0 aliphatic heterocycles. The summed E-state index contributed by atoms with van der Waals surface area (Å²) in [6.07, 6.45) is 0. The van der Waals surface area contributed by atoms with Crippen LogP contribution in [0, 0.1) is 5.92 Å². The fourth-order valence-electron chi connectivity index (χ4n) is 1.03. The minimum absolute atomic E-state index is 0.115. The zero-order valence-electron chi connectivity index (χ0n) is 8.46. The van der Waals surface area contributed by atoms with Crippen molar-refractivity contribution in [3.05, 3.63) is 5.82 Å². The highest BCUT2D eigenvalue weighted by Crippen LogP contribution is 2.51. The van der Waals surface area contributed by atoms with Crippen LogP contribution in [0.1, 0.15) is 19.7 Å². The highest BCUT2D eigenvalue weighted by Gasteiger charge is 2.51. The zero-order valence-corrected chi connectivity index (χ0v) is 12.2. The lowest BCUT2D eigenvalue weighted by Crippen LogP contribution is -2.32. The lowest BCUT2D eigenvalue weighted by atomic mass is 10.2. The van der Waals surface area contributed by atoms with Gasteiger partial charge in [-0.1, -0.05) is 71.9 Å². The van der Waals surface area contributed by atoms with Gasteiger partial charge in [-0.05, 0) is 16.3 Å². The average Bonchev–Trinajstić information content (AvgIpc) is 2.49. The maximum absolute atomic E-state index is 5.97. The van der Waals surface area contributed by atoms with Crippen LogP contribution in [0.2, 0.25) is 0 Å². The number of hydrogen-bond acceptors (Lipinski definition) is 3. The van der Waals surface area contributed by atoms with Crippen molar-refractivity contribution < 1.29 is 0 Å². The van der Waals surface area contributed by atoms with Gasteiger partial charge in [-0.3, -0.25) is 0 Å². The third-order valence-electron chi connectivity index (χ3n) is 1.71. The van der Waals surface area contributed by atoms with E-state index in [0.717, 1.165) is 0 Å². The predicted octanol–water partition coefficient (Wildman–Crippen LogP) is 3.33. The molecule has 1 aromatic rings. The second-order valence-corrected chi connectivity index (χ2v) is 7.26. The van der Waals surface area contributed by atoms with E-state index in [2.05, 4.69) is 15.5 Å². The molecule has 9 heteroatoms. The quantitative estimate of drug-likeness (QED) is 0.800. The van der Waals surface area contributed by atoms with Crippen LogP contribution in [0.15, 0.2) is 0 Å². The first kappa shape index (κ1) is 14.6. The molecule has 0 aliphatic carbocycles. The van der Waals surface area contributed by atoms with E-state index in [9.17, 15) is 0 Å². The molecule has 0 saturated heterocycles. The summed E-state index contributed by atoms with van der Waals surface area (Å²) in [6.45, 7) is 4.51. The monoisotopic (exact) mass is 324 g/mol. The average molecular weight is 326 g/mol. The van der Waals surface area contributed by atoms with Crippen LogP contribution in [0.25, 0.3) is 0 Å². The van der Waals surface area contributed by atoms with Crippen molar-refractivity contribution in [3.63, 3.8) is 0 Å². The largest absolute Gasteiger partial charge is 0.230 e. The molecule has 0 atom stereocenters. The summed E-state index contributed by atoms with van der Waals surface area (Å²) < 4.78 is -2.29. The summed E-state index contributed by atoms with van der Waals surface area (Å²) in [7, 11) is 0. The Hall–Kier alpha value is 0.520. The van der Waals surface area contributed by atoms with Crippen molar-refractivity contribution in [1.29, 1.82) is 0 Å². The highest BCUT2D eigenvalue weighted by atomic mass is 35.6. The van der Waals surface area contributed by atoms with Gasteiger partial charge in [0, 0.05) is 6.54 Å². The summed E-state index contributed by atoms with van der Waals surface area (Å²) >= 11 is 29.0. The third kappa shape index (κ3) is 3.05. The van der Waals surface area contributed by atoms with Crippen molar-refractivity contribution >= 4 is 58.0 Å². The standard InChI is InChI=1S/C7H9Cl5N4/c1-4(2)3-16-5(13-14-15-16)6(8,9)7(10,11)12/h4H,3H2,1-2H3. The Morgan fingerprint density at radius 2 is 1.75 bits per heavy atom. The van der Waals surface area contributed by atoms with Crippen molar-refractivity contribution in [1.82, 2.24) is 20.2 Å². The van der Waals surface area contributed by atoms with Crippen molar-refractivity contribution in [2.24, 2.45) is 5.92 Å². The van der Waals surface area contributed by atoms with E-state index < -0.39 is 8.13 Å². The van der Waals surface area contributed by atoms with Gasteiger partial charge in [-0.2, -0.15) is 0 Å². The molecule has 0 fully saturated rings. The Morgan fingerprint density at radius 1 is 1.19 bits per heavy atom. The maximum atomic E-state index is 5.97. The summed E-state index contributed by atoms with van der Waals surface area (Å²) in [5.41, 5.74) is 0. The van der Waals surface area contributed by atoms with Crippen LogP contribution >= 0.6 is 58.0 Å². The predicted molar refractivity (Wildman–Crippen MR) is 66.3 cm³/mol. The van der Waals surface area contributed by atoms with Gasteiger partial charge >= 0.3 is 0 Å². The van der Waals surface area contributed by atoms with Crippen LogP contribution in [0.4, 0.5) is 0 Å². The van der Waals surface area contributed by atoms with Gasteiger partial charge < -0.3 is 0 Å². The molecular formula is C7H9Cl5N4. The van der Waals surface area contributed by atoms with Gasteiger partial charge in [-0.15, -0.1) is 5.10 Å². The number of halogens is 5. The van der Waals surface area contributed by atoms with E-state index in [1.54, 1.807) is 0 Å². The van der Waals surface area contributed by atoms with Gasteiger partial charge in [0.2, 0.25) is 8.13 Å². The molecule has 0 saturated carbocycles. The SMILES string of the molecule is CC(C)Cn1nnnc1C(Cl)(Cl)C(Cl)(Cl)Cl. The van der Waals surface area contributed by atoms with E-state index >= 15 is 0 Å². The summed E-state index contributed by atoms with van der Waals surface area (Å²) in [5.74, 6) is 0.422. The highest BCUT2D eigenvalue weighted by molar-refractivity contribution is 6.75. The number of alkyl halides is 5. The lowest BCUT2D eigenvalue weighted by Gasteiger charge is -2.26. The first-order chi connectivity index (χ1) is 7.16. The van der Waals surface area contributed by atoms with Crippen molar-refractivity contribution in [2.45, 2.75) is 28.5 Å². The molecule has 0 unspecified atom stereocenters. The van der Waals surface area contributed by atoms with Crippen LogP contribution in [0.5, 0.6) is 0 Å². The number of rotatable bonds is 3. The van der Waals surface area contributed by atoms with E-state index in [4.69, 9.17) is 58.0 Å². The Labute approximate surface area is 118 Å². The summed E-state index contributed by atoms with van der Waals surface area (Å²) in [4.78, 5) is 0. The van der Waals surface area contributed by atoms with Gasteiger partial charge in [0.1, 0.15) is 0 Å². The minimum Gasteiger partial charge on any atom is -0.226 e. The lowest BCUT2D eigenvalue weighted by molar-refractivity contribution is 0.452. The van der Waals surface area contributed by atoms with Gasteiger partial charge in [-0.25, -0.2) is 4.68 Å². The molecule has 92 valence electrons. The summed E-state index contributed by atoms with van der Waals surface area (Å²) in [5, 5.41) is 10.9. The van der Waals surface area contributed by atoms with Gasteiger partial charge in [0.15, 0.2) is 5.82 Å². The second-order valence-electron chi connectivity index (χ2n) is 3.65. The zero-order chi connectivity index (χ0) is 12.6. The van der Waals surface area contributed by atoms with Gasteiger partial charge in [0.25, 0.3) is 0 Å². The molecule has 0 aliphatic rings. The number of tetrazole rings is 1. The first-order valence-electron chi connectivity index (χ1n) is 4.37. The molecule has 0 N–H and O–H groups in total. The molecule has 0 spiro atoms. The molecule has 0 bridgehead atoms. The van der Waals surface area contributed by atoms with E-state index in [-0.39, 0.29) is 5.82 Å². The normalized spacial score (nSPS) is 13.5. The molecule has 0 aromatic carbocycles. The van der Waals surface area contributed by atoms with Crippen molar-refractivity contribution in [3.8, 4) is 0 Å². The molecule has 16 heavy (non-hydrogen) atoms. The molecule has 1 aromatic heterocycles. The maximum Gasteiger partial charge on any atom is 0.230 e. The van der Waals surface area contributed by atoms with Crippen molar-refractivity contribution in [2.75, 3.05) is 0 Å². The van der Waals surface area contributed by atoms with Crippen LogP contribution in [-0.2, 0) is 10.9 Å². The molecule has 4 nitrogen and oxygen atoms in total. The Balaban J connectivity index is 3.09. The number of nitrogens with zero attached hydrogens (tertiary/aromatic N) is 4. The van der Waals surface area contributed by atoms with E-state index in [1.165, 1.54) is 4.68 Å². The number of hydrogen-bond donors (Lipinski definition) is 0. The Kier molecular flexibility index (Phi) is 4.58. The Bertz CT molecular complexity index is 356. The van der Waals surface area contributed by atoms with E-state index in [1.807, 2.05) is 13.8 Å². The van der Waals surface area contributed by atoms with E-state index in [0.29, 0.717) is 12.5 Å². The first-order valence-corrected chi connectivity index (χ1v) is 6.26. The molecular weight excluding hydrogens is 317 g/mol. The topological polar surface area (TPSA) is 43.6 Å². The third-order valence-corrected chi connectivity index (χ3v) is 4.04. The van der Waals surface area contributed by atoms with Crippen LogP contribution in [0.3, 0.4) is 0 Å². The second kappa shape index (κ2) is 5.02. The Morgan fingerprint density at radius 3 is 2.19 bits per heavy atom.